The van der Waals surface area contributed by atoms with Gasteiger partial charge in [-0.3, -0.25) is 0 Å². The molecule has 0 unspecified atom stereocenters. The zero-order valence-electron chi connectivity index (χ0n) is 22.2. The van der Waals surface area contributed by atoms with Gasteiger partial charge in [0.1, 0.15) is 23.0 Å². The highest BCUT2D eigenvalue weighted by Gasteiger charge is 2.20. The maximum absolute atomic E-state index is 6.07. The van der Waals surface area contributed by atoms with Crippen LogP contribution in [-0.2, 0) is 0 Å². The van der Waals surface area contributed by atoms with E-state index in [1.54, 1.807) is 0 Å². The largest absolute Gasteiger partial charge is 0.457 e. The van der Waals surface area contributed by atoms with Crippen molar-refractivity contribution in [2.75, 3.05) is 0 Å². The Morgan fingerprint density at radius 3 is 1.15 bits per heavy atom. The molecule has 0 aliphatic heterocycles. The zero-order chi connectivity index (χ0) is 27.1. The minimum absolute atomic E-state index is 0.834. The first-order chi connectivity index (χ1) is 19.6. The number of benzene rings is 5. The van der Waals surface area contributed by atoms with Crippen LogP contribution >= 0.6 is 22.7 Å². The van der Waals surface area contributed by atoms with Gasteiger partial charge in [-0.2, -0.15) is 0 Å². The van der Waals surface area contributed by atoms with Crippen molar-refractivity contribution in [1.82, 2.24) is 0 Å². The molecule has 7 aromatic rings. The summed E-state index contributed by atoms with van der Waals surface area (Å²) in [4.78, 5) is 2.61. The molecule has 0 radical (unpaired) electrons. The smallest absolute Gasteiger partial charge is 0.127 e. The van der Waals surface area contributed by atoms with Crippen LogP contribution in [-0.4, -0.2) is 0 Å². The molecule has 194 valence electrons. The summed E-state index contributed by atoms with van der Waals surface area (Å²) < 4.78 is 14.8. The van der Waals surface area contributed by atoms with Crippen LogP contribution in [0.15, 0.2) is 121 Å². The molecule has 0 atom stereocenters. The zero-order valence-corrected chi connectivity index (χ0v) is 23.8. The summed E-state index contributed by atoms with van der Waals surface area (Å²) in [5, 5.41) is 2.60. The Morgan fingerprint density at radius 1 is 0.425 bits per heavy atom. The first kappa shape index (κ1) is 24.6. The second-order valence-electron chi connectivity index (χ2n) is 9.83. The summed E-state index contributed by atoms with van der Waals surface area (Å²) in [7, 11) is 0. The van der Waals surface area contributed by atoms with Crippen LogP contribution in [0.25, 0.3) is 42.4 Å². The number of hydrogen-bond donors (Lipinski definition) is 0. The molecule has 0 saturated carbocycles. The lowest BCUT2D eigenvalue weighted by molar-refractivity contribution is 0.482. The molecule has 5 aromatic carbocycles. The molecule has 2 heterocycles. The second-order valence-corrected chi connectivity index (χ2v) is 12.3. The van der Waals surface area contributed by atoms with E-state index in [9.17, 15) is 0 Å². The van der Waals surface area contributed by atoms with Crippen molar-refractivity contribution in [3.63, 3.8) is 0 Å². The van der Waals surface area contributed by atoms with Crippen LogP contribution in [0.5, 0.6) is 23.0 Å². The minimum atomic E-state index is 0.834. The summed E-state index contributed by atoms with van der Waals surface area (Å²) in [5.74, 6) is 3.35. The van der Waals surface area contributed by atoms with Gasteiger partial charge in [0.2, 0.25) is 0 Å². The van der Waals surface area contributed by atoms with Crippen LogP contribution in [0.1, 0.15) is 9.75 Å². The number of hydrogen-bond acceptors (Lipinski definition) is 4. The van der Waals surface area contributed by atoms with Crippen molar-refractivity contribution in [2.24, 2.45) is 0 Å². The lowest BCUT2D eigenvalue weighted by Crippen LogP contribution is -1.88. The van der Waals surface area contributed by atoms with Gasteiger partial charge in [-0.15, -0.1) is 22.7 Å². The minimum Gasteiger partial charge on any atom is -0.457 e. The predicted molar refractivity (Wildman–Crippen MR) is 171 cm³/mol. The Bertz CT molecular complexity index is 1740. The maximum Gasteiger partial charge on any atom is 0.127 e. The molecule has 0 saturated heterocycles. The fourth-order valence-corrected chi connectivity index (χ4v) is 7.42. The van der Waals surface area contributed by atoms with E-state index in [0.29, 0.717) is 0 Å². The van der Waals surface area contributed by atoms with Gasteiger partial charge in [0, 0.05) is 41.1 Å². The van der Waals surface area contributed by atoms with Crippen LogP contribution < -0.4 is 9.47 Å². The molecule has 0 spiro atoms. The van der Waals surface area contributed by atoms with Gasteiger partial charge >= 0.3 is 0 Å². The molecule has 7 rings (SSSR count). The number of para-hydroxylation sites is 2. The lowest BCUT2D eigenvalue weighted by atomic mass is 9.93. The van der Waals surface area contributed by atoms with Gasteiger partial charge in [0.05, 0.1) is 0 Å². The molecule has 0 N–H and O–H groups in total. The quantitative estimate of drug-likeness (QED) is 0.203. The second kappa shape index (κ2) is 10.3. The average molecular weight is 555 g/mol. The third kappa shape index (κ3) is 4.66. The first-order valence-corrected chi connectivity index (χ1v) is 14.9. The summed E-state index contributed by atoms with van der Waals surface area (Å²) >= 11 is 3.73. The SMILES string of the molecule is Cc1cc2c(-c3ccc(Oc4ccccc4)cc3)c3sc(C)cc3c(-c3ccc(Oc4ccccc4)cc3)c2s1. The van der Waals surface area contributed by atoms with E-state index >= 15 is 0 Å². The van der Waals surface area contributed by atoms with Gasteiger partial charge in [-0.1, -0.05) is 60.7 Å². The number of aryl methyl sites for hydroxylation is 2. The van der Waals surface area contributed by atoms with Gasteiger partial charge in [0.15, 0.2) is 0 Å². The molecular weight excluding hydrogens is 529 g/mol. The highest BCUT2D eigenvalue weighted by Crippen LogP contribution is 2.49. The monoisotopic (exact) mass is 554 g/mol. The first-order valence-electron chi connectivity index (χ1n) is 13.3. The van der Waals surface area contributed by atoms with Crippen LogP contribution in [0, 0.1) is 13.8 Å². The third-order valence-electron chi connectivity index (χ3n) is 6.95. The fourth-order valence-electron chi connectivity index (χ4n) is 5.22. The van der Waals surface area contributed by atoms with E-state index in [1.807, 2.05) is 83.3 Å². The standard InChI is InChI=1S/C36H26O2S2/c1-23-21-31-33(25-13-17-29(18-14-25)37-27-9-5-3-6-10-27)36-32(22-24(2)40-36)34(35(31)39-23)26-15-19-30(20-16-26)38-28-11-7-4-8-12-28/h3-22H,1-2H3. The highest BCUT2D eigenvalue weighted by atomic mass is 32.1. The van der Waals surface area contributed by atoms with Gasteiger partial charge < -0.3 is 9.47 Å². The van der Waals surface area contributed by atoms with Crippen molar-refractivity contribution in [3.05, 3.63) is 131 Å². The topological polar surface area (TPSA) is 18.5 Å². The Kier molecular flexibility index (Phi) is 6.35. The van der Waals surface area contributed by atoms with Gasteiger partial charge in [0.25, 0.3) is 0 Å². The van der Waals surface area contributed by atoms with Crippen molar-refractivity contribution in [1.29, 1.82) is 0 Å². The molecule has 0 amide bonds. The summed E-state index contributed by atoms with van der Waals surface area (Å²) in [6, 6.07) is 41.5. The molecule has 0 bridgehead atoms. The number of ether oxygens (including phenoxy) is 2. The van der Waals surface area contributed by atoms with Gasteiger partial charge in [-0.05, 0) is 85.6 Å². The lowest BCUT2D eigenvalue weighted by Gasteiger charge is -2.13. The molecule has 0 aliphatic rings. The molecule has 0 aliphatic carbocycles. The Balaban J connectivity index is 1.33. The van der Waals surface area contributed by atoms with Crippen molar-refractivity contribution < 1.29 is 9.47 Å². The Labute approximate surface area is 241 Å². The van der Waals surface area contributed by atoms with E-state index in [2.05, 4.69) is 74.5 Å². The maximum atomic E-state index is 6.07. The molecule has 40 heavy (non-hydrogen) atoms. The number of rotatable bonds is 6. The van der Waals surface area contributed by atoms with Crippen LogP contribution in [0.4, 0.5) is 0 Å². The summed E-state index contributed by atoms with van der Waals surface area (Å²) in [6.45, 7) is 4.40. The Hall–Kier alpha value is -4.38. The molecular formula is C36H26O2S2. The van der Waals surface area contributed by atoms with E-state index in [0.717, 1.165) is 23.0 Å². The molecule has 2 aromatic heterocycles. The normalized spacial score (nSPS) is 11.2. The van der Waals surface area contributed by atoms with Gasteiger partial charge in [-0.25, -0.2) is 0 Å². The van der Waals surface area contributed by atoms with E-state index in [-0.39, 0.29) is 0 Å². The average Bonchev–Trinajstić information content (AvgIpc) is 3.55. The predicted octanol–water partition coefficient (Wildman–Crippen LogP) is 11.7. The van der Waals surface area contributed by atoms with Crippen molar-refractivity contribution in [3.8, 4) is 45.3 Å². The summed E-state index contributed by atoms with van der Waals surface area (Å²) in [5.41, 5.74) is 5.00. The highest BCUT2D eigenvalue weighted by molar-refractivity contribution is 7.21. The van der Waals surface area contributed by atoms with E-state index < -0.39 is 0 Å². The number of fused-ring (bicyclic) bond motifs is 2. The summed E-state index contributed by atoms with van der Waals surface area (Å²) in [6.07, 6.45) is 0. The van der Waals surface area contributed by atoms with Crippen molar-refractivity contribution >= 4 is 42.8 Å². The van der Waals surface area contributed by atoms with E-state index in [1.165, 1.54) is 52.2 Å². The molecule has 0 fully saturated rings. The van der Waals surface area contributed by atoms with Crippen LogP contribution in [0.3, 0.4) is 0 Å². The number of thiophene rings is 2. The van der Waals surface area contributed by atoms with E-state index in [4.69, 9.17) is 9.47 Å². The third-order valence-corrected chi connectivity index (χ3v) is 9.08. The Morgan fingerprint density at radius 2 is 0.775 bits per heavy atom. The fraction of sp³-hybridized carbons (Fsp3) is 0.0556. The van der Waals surface area contributed by atoms with Crippen molar-refractivity contribution in [2.45, 2.75) is 13.8 Å². The van der Waals surface area contributed by atoms with Crippen LogP contribution in [0.2, 0.25) is 0 Å². The molecule has 2 nitrogen and oxygen atoms in total. The molecule has 4 heteroatoms.